The molecule has 1 unspecified atom stereocenters. The molecule has 0 saturated carbocycles. The first-order valence-corrected chi connectivity index (χ1v) is 6.53. The molecule has 2 nitrogen and oxygen atoms in total. The van der Waals surface area contributed by atoms with E-state index in [0.29, 0.717) is 5.56 Å². The number of rotatable bonds is 4. The third-order valence-corrected chi connectivity index (χ3v) is 3.01. The van der Waals surface area contributed by atoms with Crippen LogP contribution in [0.3, 0.4) is 0 Å². The maximum atomic E-state index is 12.8. The second-order valence-electron chi connectivity index (χ2n) is 4.51. The molecule has 0 amide bonds. The monoisotopic (exact) mass is 294 g/mol. The van der Waals surface area contributed by atoms with Gasteiger partial charge in [0, 0.05) is 6.21 Å². The van der Waals surface area contributed by atoms with E-state index >= 15 is 0 Å². The Labute approximate surface area is 121 Å². The van der Waals surface area contributed by atoms with E-state index in [1.54, 1.807) is 13.0 Å². The number of oxime groups is 1. The van der Waals surface area contributed by atoms with Crippen LogP contribution in [-0.2, 0) is 11.0 Å². The molecule has 0 aliphatic heterocycles. The van der Waals surface area contributed by atoms with Crippen LogP contribution >= 0.6 is 0 Å². The molecule has 5 heteroatoms. The number of halogens is 3. The minimum Gasteiger partial charge on any atom is -0.383 e. The normalized spacial score (nSPS) is 16.9. The first-order chi connectivity index (χ1) is 10.0. The predicted octanol–water partition coefficient (Wildman–Crippen LogP) is 4.86. The molecule has 0 saturated heterocycles. The lowest BCUT2D eigenvalue weighted by Crippen LogP contribution is -2.10. The van der Waals surface area contributed by atoms with Gasteiger partial charge in [0.1, 0.15) is 0 Å². The smallest absolute Gasteiger partial charge is 0.383 e. The third-order valence-electron chi connectivity index (χ3n) is 3.01. The lowest BCUT2D eigenvalue weighted by Gasteiger charge is -2.20. The zero-order valence-electron chi connectivity index (χ0n) is 11.5. The molecule has 1 aromatic carbocycles. The summed E-state index contributed by atoms with van der Waals surface area (Å²) in [6.45, 7) is 1.68. The number of allylic oxidation sites excluding steroid dienone is 3. The van der Waals surface area contributed by atoms with E-state index in [9.17, 15) is 13.2 Å². The van der Waals surface area contributed by atoms with Gasteiger partial charge in [0.15, 0.2) is 6.10 Å². The SMILES string of the molecule is CC=NOC(C1=CC=CC[CH]1)c1cccc(C(F)(F)F)c1. The number of hydrogen-bond acceptors (Lipinski definition) is 2. The molecule has 1 aliphatic rings. The van der Waals surface area contributed by atoms with Gasteiger partial charge in [-0.15, -0.1) is 0 Å². The van der Waals surface area contributed by atoms with Crippen LogP contribution in [0.1, 0.15) is 30.6 Å². The summed E-state index contributed by atoms with van der Waals surface area (Å²) >= 11 is 0. The highest BCUT2D eigenvalue weighted by atomic mass is 19.4. The van der Waals surface area contributed by atoms with Crippen LogP contribution in [0.25, 0.3) is 0 Å². The van der Waals surface area contributed by atoms with Crippen molar-refractivity contribution in [2.75, 3.05) is 0 Å². The predicted molar refractivity (Wildman–Crippen MR) is 75.6 cm³/mol. The lowest BCUT2D eigenvalue weighted by molar-refractivity contribution is -0.137. The molecule has 0 spiro atoms. The number of benzene rings is 1. The lowest BCUT2D eigenvalue weighted by atomic mass is 9.94. The standard InChI is InChI=1S/C16H15F3NO/c1-2-20-21-15(12-7-4-3-5-8-12)13-9-6-10-14(11-13)16(17,18)19/h2-4,6-11,15H,5H2,1H3. The molecule has 0 fully saturated rings. The first kappa shape index (κ1) is 15.4. The zero-order chi connectivity index (χ0) is 15.3. The van der Waals surface area contributed by atoms with Crippen LogP contribution in [0, 0.1) is 6.42 Å². The zero-order valence-corrected chi connectivity index (χ0v) is 11.5. The first-order valence-electron chi connectivity index (χ1n) is 6.53. The molecule has 21 heavy (non-hydrogen) atoms. The Bertz CT molecular complexity index is 573. The molecule has 1 radical (unpaired) electrons. The summed E-state index contributed by atoms with van der Waals surface area (Å²) < 4.78 is 38.5. The fraction of sp³-hybridized carbons (Fsp3) is 0.250. The molecule has 0 aromatic heterocycles. The van der Waals surface area contributed by atoms with E-state index in [2.05, 4.69) is 5.16 Å². The van der Waals surface area contributed by atoms with Gasteiger partial charge in [0.2, 0.25) is 0 Å². The quantitative estimate of drug-likeness (QED) is 0.574. The maximum absolute atomic E-state index is 12.8. The van der Waals surface area contributed by atoms with E-state index < -0.39 is 17.8 Å². The van der Waals surface area contributed by atoms with Gasteiger partial charge in [-0.3, -0.25) is 0 Å². The Kier molecular flexibility index (Phi) is 4.83. The van der Waals surface area contributed by atoms with Gasteiger partial charge in [-0.05, 0) is 43.0 Å². The fourth-order valence-corrected chi connectivity index (χ4v) is 2.04. The third kappa shape index (κ3) is 3.97. The number of alkyl halides is 3. The van der Waals surface area contributed by atoms with Crippen molar-refractivity contribution < 1.29 is 18.0 Å². The molecule has 2 rings (SSSR count). The molecule has 0 bridgehead atoms. The molecule has 0 N–H and O–H groups in total. The largest absolute Gasteiger partial charge is 0.416 e. The number of nitrogens with zero attached hydrogens (tertiary/aromatic N) is 1. The van der Waals surface area contributed by atoms with Crippen molar-refractivity contribution in [1.29, 1.82) is 0 Å². The highest BCUT2D eigenvalue weighted by Gasteiger charge is 2.31. The summed E-state index contributed by atoms with van der Waals surface area (Å²) in [5, 5.41) is 3.72. The van der Waals surface area contributed by atoms with E-state index in [1.807, 2.05) is 24.6 Å². The second kappa shape index (κ2) is 6.61. The van der Waals surface area contributed by atoms with Gasteiger partial charge < -0.3 is 4.84 Å². The summed E-state index contributed by atoms with van der Waals surface area (Å²) in [6.07, 6.45) is 4.70. The van der Waals surface area contributed by atoms with Crippen molar-refractivity contribution in [3.05, 3.63) is 65.6 Å². The van der Waals surface area contributed by atoms with E-state index in [1.165, 1.54) is 12.3 Å². The average Bonchev–Trinajstić information content (AvgIpc) is 2.48. The molecule has 1 atom stereocenters. The molecule has 0 heterocycles. The Morgan fingerprint density at radius 2 is 2.14 bits per heavy atom. The summed E-state index contributed by atoms with van der Waals surface area (Å²) in [5.41, 5.74) is 0.525. The number of hydrogen-bond donors (Lipinski definition) is 0. The van der Waals surface area contributed by atoms with Crippen molar-refractivity contribution in [3.8, 4) is 0 Å². The molecule has 111 valence electrons. The van der Waals surface area contributed by atoms with Crippen molar-refractivity contribution in [3.63, 3.8) is 0 Å². The van der Waals surface area contributed by atoms with Gasteiger partial charge in [0.25, 0.3) is 0 Å². The molecule has 1 aliphatic carbocycles. The van der Waals surface area contributed by atoms with Gasteiger partial charge in [-0.1, -0.05) is 35.5 Å². The Balaban J connectivity index is 2.36. The van der Waals surface area contributed by atoms with Crippen LogP contribution in [0.2, 0.25) is 0 Å². The highest BCUT2D eigenvalue weighted by molar-refractivity contribution is 5.52. The van der Waals surface area contributed by atoms with E-state index in [4.69, 9.17) is 4.84 Å². The summed E-state index contributed by atoms with van der Waals surface area (Å²) in [5.74, 6) is 0. The van der Waals surface area contributed by atoms with E-state index in [0.717, 1.165) is 24.1 Å². The van der Waals surface area contributed by atoms with Crippen LogP contribution in [0.15, 0.2) is 53.2 Å². The summed E-state index contributed by atoms with van der Waals surface area (Å²) in [6, 6.07) is 5.13. The molecule has 1 aromatic rings. The second-order valence-corrected chi connectivity index (χ2v) is 4.51. The van der Waals surface area contributed by atoms with Gasteiger partial charge in [-0.25, -0.2) is 0 Å². The van der Waals surface area contributed by atoms with Crippen molar-refractivity contribution >= 4 is 6.21 Å². The minimum absolute atomic E-state index is 0.424. The molecular weight excluding hydrogens is 279 g/mol. The van der Waals surface area contributed by atoms with Crippen LogP contribution in [-0.4, -0.2) is 6.21 Å². The topological polar surface area (TPSA) is 21.6 Å². The van der Waals surface area contributed by atoms with Gasteiger partial charge in [0.05, 0.1) is 5.56 Å². The summed E-state index contributed by atoms with van der Waals surface area (Å²) in [4.78, 5) is 5.35. The minimum atomic E-state index is -4.38. The fourth-order valence-electron chi connectivity index (χ4n) is 2.04. The van der Waals surface area contributed by atoms with Crippen molar-refractivity contribution in [2.45, 2.75) is 25.6 Å². The molecular formula is C16H15F3NO. The van der Waals surface area contributed by atoms with Crippen molar-refractivity contribution in [1.82, 2.24) is 0 Å². The van der Waals surface area contributed by atoms with E-state index in [-0.39, 0.29) is 0 Å². The Hall–Kier alpha value is -2.04. The van der Waals surface area contributed by atoms with Crippen LogP contribution < -0.4 is 0 Å². The highest BCUT2D eigenvalue weighted by Crippen LogP contribution is 2.35. The van der Waals surface area contributed by atoms with Gasteiger partial charge >= 0.3 is 6.18 Å². The Morgan fingerprint density at radius 1 is 1.33 bits per heavy atom. The van der Waals surface area contributed by atoms with Crippen LogP contribution in [0.5, 0.6) is 0 Å². The average molecular weight is 294 g/mol. The van der Waals surface area contributed by atoms with Crippen molar-refractivity contribution in [2.24, 2.45) is 5.16 Å². The maximum Gasteiger partial charge on any atom is 0.416 e. The van der Waals surface area contributed by atoms with Gasteiger partial charge in [-0.2, -0.15) is 13.2 Å². The van der Waals surface area contributed by atoms with Crippen LogP contribution in [0.4, 0.5) is 13.2 Å². The Morgan fingerprint density at radius 3 is 2.76 bits per heavy atom. The summed E-state index contributed by atoms with van der Waals surface area (Å²) in [7, 11) is 0.